The fraction of sp³-hybridized carbons (Fsp3) is 0.267. The van der Waals surface area contributed by atoms with E-state index < -0.39 is 0 Å². The summed E-state index contributed by atoms with van der Waals surface area (Å²) in [5, 5.41) is 19.2. The predicted octanol–water partition coefficient (Wildman–Crippen LogP) is 0.996. The highest BCUT2D eigenvalue weighted by molar-refractivity contribution is 5.96. The number of aromatic nitrogens is 2. The molecule has 23 heavy (non-hydrogen) atoms. The van der Waals surface area contributed by atoms with Crippen molar-refractivity contribution in [1.82, 2.24) is 20.0 Å². The van der Waals surface area contributed by atoms with Crippen LogP contribution in [0.5, 0.6) is 5.75 Å². The standard InChI is InChI=1S/C15H17N5O3/c1-16-15(23)17-13-8-10-9-19(6-7-20(10)18-13)14(22)11-4-2-3-5-12(11)21/h2-5,8,21H,6-7,9H2,1H3,(H2,16,17,18,23). The third-order valence-corrected chi connectivity index (χ3v) is 3.69. The minimum absolute atomic E-state index is 0.0291. The minimum Gasteiger partial charge on any atom is -0.507 e. The van der Waals surface area contributed by atoms with Gasteiger partial charge < -0.3 is 15.3 Å². The van der Waals surface area contributed by atoms with Crippen molar-refractivity contribution in [2.45, 2.75) is 13.1 Å². The largest absolute Gasteiger partial charge is 0.507 e. The van der Waals surface area contributed by atoms with Crippen LogP contribution in [0.3, 0.4) is 0 Å². The number of phenols is 1. The number of amides is 3. The first-order chi connectivity index (χ1) is 11.1. The number of aromatic hydroxyl groups is 1. The van der Waals surface area contributed by atoms with Crippen LogP contribution in [0.2, 0.25) is 0 Å². The van der Waals surface area contributed by atoms with Crippen LogP contribution >= 0.6 is 0 Å². The number of para-hydroxylation sites is 1. The number of phenolic OH excluding ortho intramolecular Hbond substituents is 1. The number of benzene rings is 1. The van der Waals surface area contributed by atoms with Crippen molar-refractivity contribution in [3.63, 3.8) is 0 Å². The molecular weight excluding hydrogens is 298 g/mol. The zero-order valence-corrected chi connectivity index (χ0v) is 12.6. The lowest BCUT2D eigenvalue weighted by atomic mass is 10.1. The van der Waals surface area contributed by atoms with E-state index in [1.54, 1.807) is 33.8 Å². The second-order valence-corrected chi connectivity index (χ2v) is 5.19. The lowest BCUT2D eigenvalue weighted by Gasteiger charge is -2.27. The first kappa shape index (κ1) is 14.9. The zero-order chi connectivity index (χ0) is 16.4. The van der Waals surface area contributed by atoms with Gasteiger partial charge in [0.15, 0.2) is 5.82 Å². The smallest absolute Gasteiger partial charge is 0.320 e. The van der Waals surface area contributed by atoms with E-state index >= 15 is 0 Å². The summed E-state index contributed by atoms with van der Waals surface area (Å²) in [6.07, 6.45) is 0. The molecule has 8 heteroatoms. The maximum Gasteiger partial charge on any atom is 0.320 e. The van der Waals surface area contributed by atoms with Gasteiger partial charge >= 0.3 is 6.03 Å². The fourth-order valence-electron chi connectivity index (χ4n) is 2.50. The molecule has 3 N–H and O–H groups in total. The normalized spacial score (nSPS) is 13.3. The molecule has 1 aromatic heterocycles. The number of hydrogen-bond acceptors (Lipinski definition) is 4. The molecular formula is C15H17N5O3. The Hall–Kier alpha value is -3.03. The van der Waals surface area contributed by atoms with E-state index in [1.807, 2.05) is 0 Å². The Morgan fingerprint density at radius 1 is 1.26 bits per heavy atom. The molecule has 0 radical (unpaired) electrons. The topological polar surface area (TPSA) is 99.5 Å². The number of rotatable bonds is 2. The molecule has 3 rings (SSSR count). The second-order valence-electron chi connectivity index (χ2n) is 5.19. The van der Waals surface area contributed by atoms with Gasteiger partial charge in [0, 0.05) is 19.7 Å². The molecule has 0 atom stereocenters. The summed E-state index contributed by atoms with van der Waals surface area (Å²) < 4.78 is 1.76. The van der Waals surface area contributed by atoms with Gasteiger partial charge in [0.1, 0.15) is 5.75 Å². The summed E-state index contributed by atoms with van der Waals surface area (Å²) in [7, 11) is 1.53. The first-order valence-corrected chi connectivity index (χ1v) is 7.21. The Morgan fingerprint density at radius 3 is 2.78 bits per heavy atom. The van der Waals surface area contributed by atoms with Crippen LogP contribution < -0.4 is 10.6 Å². The molecule has 2 aromatic rings. The van der Waals surface area contributed by atoms with E-state index in [0.29, 0.717) is 25.5 Å². The van der Waals surface area contributed by atoms with E-state index in [9.17, 15) is 14.7 Å². The molecule has 0 saturated carbocycles. The molecule has 1 aliphatic rings. The highest BCUT2D eigenvalue weighted by Crippen LogP contribution is 2.22. The number of nitrogens with one attached hydrogen (secondary N) is 2. The van der Waals surface area contributed by atoms with Crippen molar-refractivity contribution in [1.29, 1.82) is 0 Å². The maximum atomic E-state index is 12.5. The first-order valence-electron chi connectivity index (χ1n) is 7.21. The van der Waals surface area contributed by atoms with Gasteiger partial charge in [0.25, 0.3) is 5.91 Å². The average molecular weight is 315 g/mol. The molecule has 3 amide bonds. The number of urea groups is 1. The van der Waals surface area contributed by atoms with Crippen molar-refractivity contribution in [3.05, 3.63) is 41.6 Å². The number of carbonyl (C=O) groups is 2. The number of fused-ring (bicyclic) bond motifs is 1. The third-order valence-electron chi connectivity index (χ3n) is 3.69. The summed E-state index contributed by atoms with van der Waals surface area (Å²) in [5.74, 6) is 0.186. The van der Waals surface area contributed by atoms with Crippen LogP contribution in [0, 0.1) is 0 Å². The van der Waals surface area contributed by atoms with Crippen LogP contribution in [-0.4, -0.2) is 45.3 Å². The molecule has 0 bridgehead atoms. The molecule has 8 nitrogen and oxygen atoms in total. The van der Waals surface area contributed by atoms with Gasteiger partial charge in [0.05, 0.1) is 24.3 Å². The number of anilines is 1. The van der Waals surface area contributed by atoms with Crippen molar-refractivity contribution in [2.75, 3.05) is 18.9 Å². The van der Waals surface area contributed by atoms with Crippen molar-refractivity contribution in [2.24, 2.45) is 0 Å². The monoisotopic (exact) mass is 315 g/mol. The van der Waals surface area contributed by atoms with Gasteiger partial charge in [-0.05, 0) is 12.1 Å². The van der Waals surface area contributed by atoms with E-state index in [2.05, 4.69) is 15.7 Å². The number of hydrogen-bond donors (Lipinski definition) is 3. The van der Waals surface area contributed by atoms with Crippen molar-refractivity contribution in [3.8, 4) is 5.75 Å². The lowest BCUT2D eigenvalue weighted by Crippen LogP contribution is -2.38. The summed E-state index contributed by atoms with van der Waals surface area (Å²) in [4.78, 5) is 25.5. The average Bonchev–Trinajstić information content (AvgIpc) is 2.95. The molecule has 1 aliphatic heterocycles. The van der Waals surface area contributed by atoms with E-state index in [4.69, 9.17) is 0 Å². The highest BCUT2D eigenvalue weighted by Gasteiger charge is 2.25. The van der Waals surface area contributed by atoms with E-state index in [-0.39, 0.29) is 23.3 Å². The van der Waals surface area contributed by atoms with Crippen LogP contribution in [0.1, 0.15) is 16.1 Å². The quantitative estimate of drug-likeness (QED) is 0.769. The van der Waals surface area contributed by atoms with Gasteiger partial charge in [-0.15, -0.1) is 0 Å². The van der Waals surface area contributed by atoms with Gasteiger partial charge in [-0.25, -0.2) is 4.79 Å². The highest BCUT2D eigenvalue weighted by atomic mass is 16.3. The molecule has 0 spiro atoms. The van der Waals surface area contributed by atoms with E-state index in [0.717, 1.165) is 5.69 Å². The molecule has 0 saturated heterocycles. The fourth-order valence-corrected chi connectivity index (χ4v) is 2.50. The molecule has 2 heterocycles. The van der Waals surface area contributed by atoms with Crippen molar-refractivity contribution < 1.29 is 14.7 Å². The van der Waals surface area contributed by atoms with E-state index in [1.165, 1.54) is 13.1 Å². The predicted molar refractivity (Wildman–Crippen MR) is 83.2 cm³/mol. The van der Waals surface area contributed by atoms with Crippen LogP contribution in [0.4, 0.5) is 10.6 Å². The molecule has 0 unspecified atom stereocenters. The van der Waals surface area contributed by atoms with Gasteiger partial charge in [-0.3, -0.25) is 14.8 Å². The Balaban J connectivity index is 1.76. The minimum atomic E-state index is -0.345. The van der Waals surface area contributed by atoms with Crippen LogP contribution in [0.25, 0.3) is 0 Å². The number of nitrogens with zero attached hydrogens (tertiary/aromatic N) is 3. The summed E-state index contributed by atoms with van der Waals surface area (Å²) in [6.45, 7) is 1.39. The van der Waals surface area contributed by atoms with Crippen LogP contribution in [0.15, 0.2) is 30.3 Å². The van der Waals surface area contributed by atoms with Crippen molar-refractivity contribution >= 4 is 17.8 Å². The maximum absolute atomic E-state index is 12.5. The Kier molecular flexibility index (Phi) is 3.88. The summed E-state index contributed by atoms with van der Waals surface area (Å²) in [5.41, 5.74) is 1.11. The van der Waals surface area contributed by atoms with Crippen LogP contribution in [-0.2, 0) is 13.1 Å². The van der Waals surface area contributed by atoms with Gasteiger partial charge in [-0.1, -0.05) is 12.1 Å². The lowest BCUT2D eigenvalue weighted by molar-refractivity contribution is 0.0703. The third kappa shape index (κ3) is 2.96. The molecule has 0 fully saturated rings. The molecule has 0 aliphatic carbocycles. The SMILES string of the molecule is CNC(=O)Nc1cc2n(n1)CCN(C(=O)c1ccccc1O)C2. The Bertz CT molecular complexity index is 755. The second kappa shape index (κ2) is 5.99. The summed E-state index contributed by atoms with van der Waals surface area (Å²) >= 11 is 0. The number of carbonyl (C=O) groups excluding carboxylic acids is 2. The zero-order valence-electron chi connectivity index (χ0n) is 12.6. The molecule has 120 valence electrons. The van der Waals surface area contributed by atoms with Gasteiger partial charge in [0.2, 0.25) is 0 Å². The Labute approximate surface area is 132 Å². The summed E-state index contributed by atoms with van der Waals surface area (Å²) in [6, 6.07) is 7.87. The molecule has 1 aromatic carbocycles. The Morgan fingerprint density at radius 2 is 2.04 bits per heavy atom. The van der Waals surface area contributed by atoms with Gasteiger partial charge in [-0.2, -0.15) is 5.10 Å².